The molecule has 7 heteroatoms. The lowest BCUT2D eigenvalue weighted by Gasteiger charge is -2.27. The number of halogens is 3. The monoisotopic (exact) mass is 398 g/mol. The summed E-state index contributed by atoms with van der Waals surface area (Å²) in [5.74, 6) is 1.70. The van der Waals surface area contributed by atoms with Crippen molar-refractivity contribution in [1.82, 2.24) is 9.97 Å². The fourth-order valence-corrected chi connectivity index (χ4v) is 2.69. The van der Waals surface area contributed by atoms with E-state index in [0.29, 0.717) is 22.0 Å². The zero-order chi connectivity index (χ0) is 17.7. The molecular weight excluding hydrogens is 378 g/mol. The summed E-state index contributed by atoms with van der Waals surface area (Å²) in [7, 11) is 0. The molecule has 0 radical (unpaired) electrons. The van der Waals surface area contributed by atoms with Gasteiger partial charge in [-0.3, -0.25) is 0 Å². The topological polar surface area (TPSA) is 63.8 Å². The molecule has 0 amide bonds. The number of nitrogens with two attached hydrogens (primary N) is 1. The minimum absolute atomic E-state index is 0.0194. The summed E-state index contributed by atoms with van der Waals surface area (Å²) < 4.78 is 25.8. The van der Waals surface area contributed by atoms with E-state index in [1.807, 2.05) is 12.1 Å². The Balaban J connectivity index is 0.000000249. The van der Waals surface area contributed by atoms with Gasteiger partial charge >= 0.3 is 0 Å². The second-order valence-electron chi connectivity index (χ2n) is 6.27. The number of nitrogens with one attached hydrogen (secondary N) is 1. The average molecular weight is 399 g/mol. The molecule has 24 heavy (non-hydrogen) atoms. The largest absolute Gasteiger partial charge is 0.384 e. The van der Waals surface area contributed by atoms with Gasteiger partial charge < -0.3 is 11.1 Å². The first-order valence-corrected chi connectivity index (χ1v) is 8.47. The summed E-state index contributed by atoms with van der Waals surface area (Å²) in [4.78, 5) is 7.88. The second-order valence-corrected chi connectivity index (χ2v) is 7.12. The van der Waals surface area contributed by atoms with Crippen LogP contribution in [-0.4, -0.2) is 15.5 Å². The molecule has 0 bridgehead atoms. The van der Waals surface area contributed by atoms with E-state index in [1.54, 1.807) is 12.3 Å². The van der Waals surface area contributed by atoms with Crippen LogP contribution in [0.25, 0.3) is 0 Å². The van der Waals surface area contributed by atoms with Crippen molar-refractivity contribution in [2.24, 2.45) is 5.92 Å². The van der Waals surface area contributed by atoms with Gasteiger partial charge in [0.1, 0.15) is 11.6 Å². The molecule has 0 aromatic carbocycles. The zero-order valence-electron chi connectivity index (χ0n) is 13.6. The molecule has 0 spiro atoms. The summed E-state index contributed by atoms with van der Waals surface area (Å²) in [5, 5.41) is 3.24. The van der Waals surface area contributed by atoms with Crippen molar-refractivity contribution < 1.29 is 8.78 Å². The normalized spacial score (nSPS) is 14.1. The van der Waals surface area contributed by atoms with Crippen molar-refractivity contribution in [3.8, 4) is 0 Å². The van der Waals surface area contributed by atoms with Crippen molar-refractivity contribution >= 4 is 27.6 Å². The maximum Gasteiger partial charge on any atom is 0.265 e. The highest BCUT2D eigenvalue weighted by atomic mass is 79.9. The Kier molecular flexibility index (Phi) is 6.10. The molecule has 2 aromatic rings. The van der Waals surface area contributed by atoms with Gasteiger partial charge in [-0.2, -0.15) is 0 Å². The SMILES string of the molecule is CC(C)(Nc1cc(C(F)F)c(Br)cn1)C1CC1.Nc1ccccn1. The molecule has 1 aliphatic rings. The van der Waals surface area contributed by atoms with Gasteiger partial charge in [-0.15, -0.1) is 0 Å². The van der Waals surface area contributed by atoms with Crippen molar-refractivity contribution in [3.63, 3.8) is 0 Å². The van der Waals surface area contributed by atoms with Gasteiger partial charge in [0, 0.05) is 28.0 Å². The summed E-state index contributed by atoms with van der Waals surface area (Å²) >= 11 is 3.08. The Morgan fingerprint density at radius 1 is 1.29 bits per heavy atom. The molecule has 0 unspecified atom stereocenters. The molecule has 1 fully saturated rings. The lowest BCUT2D eigenvalue weighted by atomic mass is 9.99. The van der Waals surface area contributed by atoms with E-state index < -0.39 is 6.43 Å². The smallest absolute Gasteiger partial charge is 0.265 e. The van der Waals surface area contributed by atoms with Crippen molar-refractivity contribution in [2.45, 2.75) is 38.7 Å². The third-order valence-electron chi connectivity index (χ3n) is 3.86. The molecule has 0 saturated heterocycles. The highest BCUT2D eigenvalue weighted by Crippen LogP contribution is 2.41. The third-order valence-corrected chi connectivity index (χ3v) is 4.52. The molecule has 2 aromatic heterocycles. The number of hydrogen-bond acceptors (Lipinski definition) is 4. The van der Waals surface area contributed by atoms with Gasteiger partial charge in [-0.05, 0) is 66.7 Å². The molecule has 3 rings (SSSR count). The van der Waals surface area contributed by atoms with Crippen LogP contribution in [0.1, 0.15) is 38.7 Å². The number of hydrogen-bond donors (Lipinski definition) is 2. The molecule has 3 N–H and O–H groups in total. The fourth-order valence-electron chi connectivity index (χ4n) is 2.30. The zero-order valence-corrected chi connectivity index (χ0v) is 15.2. The van der Waals surface area contributed by atoms with Crippen molar-refractivity contribution in [1.29, 1.82) is 0 Å². The Morgan fingerprint density at radius 2 is 2.00 bits per heavy atom. The molecule has 1 aliphatic carbocycles. The predicted molar refractivity (Wildman–Crippen MR) is 96.0 cm³/mol. The number of nitrogen functional groups attached to an aromatic ring is 1. The highest BCUT2D eigenvalue weighted by Gasteiger charge is 2.37. The van der Waals surface area contributed by atoms with Crippen LogP contribution >= 0.6 is 15.9 Å². The van der Waals surface area contributed by atoms with E-state index in [9.17, 15) is 8.78 Å². The second kappa shape index (κ2) is 7.88. The van der Waals surface area contributed by atoms with Gasteiger partial charge in [0.15, 0.2) is 0 Å². The molecule has 1 saturated carbocycles. The molecule has 0 atom stereocenters. The van der Waals surface area contributed by atoms with Crippen molar-refractivity contribution in [3.05, 3.63) is 46.7 Å². The van der Waals surface area contributed by atoms with E-state index in [-0.39, 0.29) is 11.1 Å². The van der Waals surface area contributed by atoms with E-state index in [4.69, 9.17) is 5.73 Å². The van der Waals surface area contributed by atoms with E-state index in [1.165, 1.54) is 25.1 Å². The number of aromatic nitrogens is 2. The van der Waals surface area contributed by atoms with E-state index >= 15 is 0 Å². The van der Waals surface area contributed by atoms with E-state index in [0.717, 1.165) is 0 Å². The number of alkyl halides is 2. The summed E-state index contributed by atoms with van der Waals surface area (Å²) in [6.45, 7) is 4.16. The first-order chi connectivity index (χ1) is 11.3. The van der Waals surface area contributed by atoms with Crippen molar-refractivity contribution in [2.75, 3.05) is 11.1 Å². The summed E-state index contributed by atoms with van der Waals surface area (Å²) in [6.07, 6.45) is 2.98. The minimum atomic E-state index is -2.49. The van der Waals surface area contributed by atoms with Crippen LogP contribution in [0, 0.1) is 5.92 Å². The lowest BCUT2D eigenvalue weighted by Crippen LogP contribution is -2.33. The average Bonchev–Trinajstić information content (AvgIpc) is 3.35. The molecule has 0 aliphatic heterocycles. The number of nitrogens with zero attached hydrogens (tertiary/aromatic N) is 2. The lowest BCUT2D eigenvalue weighted by molar-refractivity contribution is 0.150. The van der Waals surface area contributed by atoms with Crippen LogP contribution in [0.4, 0.5) is 20.4 Å². The first kappa shape index (κ1) is 18.6. The van der Waals surface area contributed by atoms with Crippen LogP contribution in [-0.2, 0) is 0 Å². The Labute approximate surface area is 149 Å². The first-order valence-electron chi connectivity index (χ1n) is 7.68. The van der Waals surface area contributed by atoms with E-state index in [2.05, 4.69) is 45.1 Å². The Hall–Kier alpha value is -1.76. The molecule has 130 valence electrons. The quantitative estimate of drug-likeness (QED) is 0.756. The van der Waals surface area contributed by atoms with Gasteiger partial charge in [-0.25, -0.2) is 18.7 Å². The molecular formula is C17H21BrF2N4. The number of pyridine rings is 2. The highest BCUT2D eigenvalue weighted by molar-refractivity contribution is 9.10. The Bertz CT molecular complexity index is 661. The third kappa shape index (κ3) is 5.40. The van der Waals surface area contributed by atoms with Crippen LogP contribution in [0.15, 0.2) is 41.1 Å². The van der Waals surface area contributed by atoms with Crippen LogP contribution in [0.3, 0.4) is 0 Å². The maximum absolute atomic E-state index is 12.7. The minimum Gasteiger partial charge on any atom is -0.384 e. The summed E-state index contributed by atoms with van der Waals surface area (Å²) in [6, 6.07) is 6.84. The summed E-state index contributed by atoms with van der Waals surface area (Å²) in [5.41, 5.74) is 5.14. The predicted octanol–water partition coefficient (Wildman–Crippen LogP) is 5.05. The Morgan fingerprint density at radius 3 is 2.46 bits per heavy atom. The van der Waals surface area contributed by atoms with Gasteiger partial charge in [-0.1, -0.05) is 6.07 Å². The standard InChI is InChI=1S/C12H15BrF2N2.C5H6N2/c1-12(2,7-3-4-7)17-10-5-8(11(14)15)9(13)6-16-10;6-5-3-1-2-4-7-5/h5-7,11H,3-4H2,1-2H3,(H,16,17);1-4H,(H2,6,7). The van der Waals surface area contributed by atoms with Crippen LogP contribution in [0.2, 0.25) is 0 Å². The van der Waals surface area contributed by atoms with Crippen LogP contribution in [0.5, 0.6) is 0 Å². The molecule has 4 nitrogen and oxygen atoms in total. The number of anilines is 2. The fraction of sp³-hybridized carbons (Fsp3) is 0.412. The van der Waals surface area contributed by atoms with Gasteiger partial charge in [0.05, 0.1) is 0 Å². The number of rotatable bonds is 4. The van der Waals surface area contributed by atoms with Crippen LogP contribution < -0.4 is 11.1 Å². The maximum atomic E-state index is 12.7. The molecule has 2 heterocycles. The van der Waals surface area contributed by atoms with Gasteiger partial charge in [0.2, 0.25) is 0 Å². The van der Waals surface area contributed by atoms with Gasteiger partial charge in [0.25, 0.3) is 6.43 Å².